The molecule has 3 rings (SSSR count). The smallest absolute Gasteiger partial charge is 0.308 e. The summed E-state index contributed by atoms with van der Waals surface area (Å²) >= 11 is 0. The highest BCUT2D eigenvalue weighted by molar-refractivity contribution is 5.71. The Hall–Kier alpha value is -1.31. The molecule has 0 bridgehead atoms. The fraction of sp³-hybridized carbons (Fsp3) is 0.774. The molecule has 3 saturated carbocycles. The molecule has 0 aromatic rings. The summed E-state index contributed by atoms with van der Waals surface area (Å²) in [5, 5.41) is 0. The SMILES string of the molecule is C=C1CC[C@H](OC(=O)C(C)C)C/C1=C/C=C1\CCC[C@]2(C)C(C(C)CCCC(C)C)CC[C@@H]12. The van der Waals surface area contributed by atoms with Crippen molar-refractivity contribution < 1.29 is 9.53 Å². The quantitative estimate of drug-likeness (QED) is 0.342. The van der Waals surface area contributed by atoms with Gasteiger partial charge in [0.25, 0.3) is 0 Å². The molecule has 0 N–H and O–H groups in total. The van der Waals surface area contributed by atoms with Crippen LogP contribution in [0.3, 0.4) is 0 Å². The molecule has 0 aromatic heterocycles. The minimum atomic E-state index is -0.0761. The van der Waals surface area contributed by atoms with Gasteiger partial charge in [0, 0.05) is 6.42 Å². The van der Waals surface area contributed by atoms with Gasteiger partial charge in [-0.1, -0.05) is 90.7 Å². The maximum Gasteiger partial charge on any atom is 0.308 e. The number of carbonyl (C=O) groups is 1. The van der Waals surface area contributed by atoms with Crippen molar-refractivity contribution in [1.82, 2.24) is 0 Å². The molecule has 2 nitrogen and oxygen atoms in total. The molecular formula is C31H50O2. The lowest BCUT2D eigenvalue weighted by Gasteiger charge is -2.44. The first-order chi connectivity index (χ1) is 15.6. The van der Waals surface area contributed by atoms with E-state index in [9.17, 15) is 4.79 Å². The number of rotatable bonds is 8. The predicted octanol–water partition coefficient (Wildman–Crippen LogP) is 8.83. The Morgan fingerprint density at radius 2 is 1.85 bits per heavy atom. The Bertz CT molecular complexity index is 755. The van der Waals surface area contributed by atoms with Gasteiger partial charge in [0.05, 0.1) is 5.92 Å². The highest BCUT2D eigenvalue weighted by atomic mass is 16.5. The second-order valence-electron chi connectivity index (χ2n) is 12.4. The molecule has 0 radical (unpaired) electrons. The van der Waals surface area contributed by atoms with Crippen molar-refractivity contribution in [2.75, 3.05) is 0 Å². The molecule has 0 spiro atoms. The lowest BCUT2D eigenvalue weighted by atomic mass is 9.60. The van der Waals surface area contributed by atoms with E-state index < -0.39 is 0 Å². The van der Waals surface area contributed by atoms with Gasteiger partial charge in [-0.05, 0) is 79.6 Å². The van der Waals surface area contributed by atoms with Crippen LogP contribution in [0.1, 0.15) is 112 Å². The summed E-state index contributed by atoms with van der Waals surface area (Å²) in [5.74, 6) is 3.14. The third-order valence-corrected chi connectivity index (χ3v) is 9.09. The Morgan fingerprint density at radius 3 is 2.55 bits per heavy atom. The number of esters is 1. The lowest BCUT2D eigenvalue weighted by Crippen LogP contribution is -2.36. The van der Waals surface area contributed by atoms with Crippen LogP contribution in [0, 0.1) is 35.0 Å². The van der Waals surface area contributed by atoms with Gasteiger partial charge in [-0.2, -0.15) is 0 Å². The van der Waals surface area contributed by atoms with Crippen molar-refractivity contribution in [3.8, 4) is 0 Å². The molecule has 2 unspecified atom stereocenters. The Labute approximate surface area is 204 Å². The van der Waals surface area contributed by atoms with E-state index in [2.05, 4.69) is 46.4 Å². The summed E-state index contributed by atoms with van der Waals surface area (Å²) in [5.41, 5.74) is 4.66. The summed E-state index contributed by atoms with van der Waals surface area (Å²) in [6.07, 6.45) is 18.3. The van der Waals surface area contributed by atoms with Gasteiger partial charge in [0.15, 0.2) is 0 Å². The molecule has 33 heavy (non-hydrogen) atoms. The molecule has 2 heteroatoms. The third-order valence-electron chi connectivity index (χ3n) is 9.09. The van der Waals surface area contributed by atoms with Crippen molar-refractivity contribution >= 4 is 5.97 Å². The second kappa shape index (κ2) is 11.4. The summed E-state index contributed by atoms with van der Waals surface area (Å²) < 4.78 is 5.75. The maximum atomic E-state index is 12.1. The zero-order chi connectivity index (χ0) is 24.2. The van der Waals surface area contributed by atoms with E-state index in [1.165, 1.54) is 62.5 Å². The van der Waals surface area contributed by atoms with Crippen LogP contribution in [-0.2, 0) is 9.53 Å². The van der Waals surface area contributed by atoms with E-state index in [1.54, 1.807) is 5.57 Å². The number of hydrogen-bond donors (Lipinski definition) is 0. The van der Waals surface area contributed by atoms with E-state index >= 15 is 0 Å². The summed E-state index contributed by atoms with van der Waals surface area (Å²) in [6.45, 7) is 18.0. The molecular weight excluding hydrogens is 404 g/mol. The van der Waals surface area contributed by atoms with Crippen LogP contribution in [0.2, 0.25) is 0 Å². The molecule has 186 valence electrons. The normalized spacial score (nSPS) is 33.7. The summed E-state index contributed by atoms with van der Waals surface area (Å²) in [7, 11) is 0. The minimum absolute atomic E-state index is 0.00854. The topological polar surface area (TPSA) is 26.3 Å². The fourth-order valence-corrected chi connectivity index (χ4v) is 7.05. The average Bonchev–Trinajstić information content (AvgIpc) is 3.11. The van der Waals surface area contributed by atoms with E-state index in [-0.39, 0.29) is 18.0 Å². The number of ether oxygens (including phenoxy) is 1. The predicted molar refractivity (Wildman–Crippen MR) is 140 cm³/mol. The number of hydrogen-bond acceptors (Lipinski definition) is 2. The standard InChI is InChI=1S/C31H50O2/c1-21(2)10-8-11-24(6)28-17-18-29-25(12-9-19-31(28,29)7)14-15-26-20-27(16-13-23(26)5)33-30(32)22(3)4/h14-15,21-22,24,27-29H,5,8-13,16-20H2,1-4,6-7H3/b25-14+,26-15-/t24?,27-,28?,29-,31+/m0/s1. The summed E-state index contributed by atoms with van der Waals surface area (Å²) in [6, 6.07) is 0. The minimum Gasteiger partial charge on any atom is -0.462 e. The highest BCUT2D eigenvalue weighted by Gasteiger charge is 2.50. The van der Waals surface area contributed by atoms with Crippen LogP contribution in [0.5, 0.6) is 0 Å². The van der Waals surface area contributed by atoms with Crippen molar-refractivity contribution in [3.05, 3.63) is 35.5 Å². The van der Waals surface area contributed by atoms with E-state index in [0.717, 1.165) is 42.9 Å². The van der Waals surface area contributed by atoms with Gasteiger partial charge in [-0.3, -0.25) is 4.79 Å². The number of carbonyl (C=O) groups excluding carboxylic acids is 1. The van der Waals surface area contributed by atoms with Crippen LogP contribution < -0.4 is 0 Å². The molecule has 3 aliphatic carbocycles. The second-order valence-corrected chi connectivity index (χ2v) is 12.4. The monoisotopic (exact) mass is 454 g/mol. The van der Waals surface area contributed by atoms with Crippen molar-refractivity contribution in [2.45, 2.75) is 118 Å². The van der Waals surface area contributed by atoms with Crippen LogP contribution in [0.25, 0.3) is 0 Å². The van der Waals surface area contributed by atoms with Gasteiger partial charge in [0.2, 0.25) is 0 Å². The first-order valence-electron chi connectivity index (χ1n) is 13.9. The van der Waals surface area contributed by atoms with Crippen molar-refractivity contribution in [2.24, 2.45) is 35.0 Å². The van der Waals surface area contributed by atoms with E-state index in [4.69, 9.17) is 4.74 Å². The Balaban J connectivity index is 1.68. The van der Waals surface area contributed by atoms with Gasteiger partial charge < -0.3 is 4.74 Å². The van der Waals surface area contributed by atoms with Gasteiger partial charge in [-0.25, -0.2) is 0 Å². The zero-order valence-electron chi connectivity index (χ0n) is 22.4. The van der Waals surface area contributed by atoms with Gasteiger partial charge >= 0.3 is 5.97 Å². The molecule has 0 aliphatic heterocycles. The van der Waals surface area contributed by atoms with Crippen LogP contribution in [0.15, 0.2) is 35.5 Å². The highest BCUT2D eigenvalue weighted by Crippen LogP contribution is 2.60. The van der Waals surface area contributed by atoms with Gasteiger partial charge in [-0.15, -0.1) is 0 Å². The summed E-state index contributed by atoms with van der Waals surface area (Å²) in [4.78, 5) is 12.1. The van der Waals surface area contributed by atoms with E-state index in [1.807, 2.05) is 13.8 Å². The number of fused-ring (bicyclic) bond motifs is 1. The van der Waals surface area contributed by atoms with Gasteiger partial charge in [0.1, 0.15) is 6.10 Å². The molecule has 0 aromatic carbocycles. The lowest BCUT2D eigenvalue weighted by molar-refractivity contribution is -0.153. The van der Waals surface area contributed by atoms with E-state index in [0.29, 0.717) is 5.41 Å². The van der Waals surface area contributed by atoms with Crippen molar-refractivity contribution in [1.29, 1.82) is 0 Å². The van der Waals surface area contributed by atoms with Crippen LogP contribution >= 0.6 is 0 Å². The Kier molecular flexibility index (Phi) is 9.09. The van der Waals surface area contributed by atoms with Crippen molar-refractivity contribution in [3.63, 3.8) is 0 Å². The Morgan fingerprint density at radius 1 is 1.09 bits per heavy atom. The van der Waals surface area contributed by atoms with Crippen LogP contribution in [-0.4, -0.2) is 12.1 Å². The maximum absolute atomic E-state index is 12.1. The number of allylic oxidation sites excluding steroid dienone is 4. The third kappa shape index (κ3) is 6.43. The first kappa shape index (κ1) is 26.3. The molecule has 0 saturated heterocycles. The van der Waals surface area contributed by atoms with Crippen LogP contribution in [0.4, 0.5) is 0 Å². The molecule has 0 heterocycles. The zero-order valence-corrected chi connectivity index (χ0v) is 22.4. The fourth-order valence-electron chi connectivity index (χ4n) is 7.05. The molecule has 5 atom stereocenters. The average molecular weight is 455 g/mol. The molecule has 3 aliphatic rings. The first-order valence-corrected chi connectivity index (χ1v) is 13.9. The molecule has 0 amide bonds. The largest absolute Gasteiger partial charge is 0.462 e. The molecule has 3 fully saturated rings.